The van der Waals surface area contributed by atoms with E-state index in [4.69, 9.17) is 18.9 Å². The molecule has 1 aromatic heterocycles. The SMILES string of the molecule is COc1ccnc(C(=O)N[C@H]2COC[C@H](CCCc3ccccc3)[C@@H](CC(C)C)[C@H](C)OC2=O)c1OC(C)=O. The zero-order valence-electron chi connectivity index (χ0n) is 23.5. The van der Waals surface area contributed by atoms with E-state index in [9.17, 15) is 14.4 Å². The number of hydrogen-bond donors (Lipinski definition) is 1. The number of nitrogens with one attached hydrogen (secondary N) is 1. The minimum Gasteiger partial charge on any atom is -0.493 e. The summed E-state index contributed by atoms with van der Waals surface area (Å²) >= 11 is 0. The molecule has 2 heterocycles. The molecule has 0 radical (unpaired) electrons. The number of methoxy groups -OCH3 is 1. The number of nitrogens with zero attached hydrogens (tertiary/aromatic N) is 1. The van der Waals surface area contributed by atoms with Gasteiger partial charge in [-0.1, -0.05) is 44.2 Å². The monoisotopic (exact) mass is 540 g/mol. The van der Waals surface area contributed by atoms with Crippen LogP contribution in [0.1, 0.15) is 63.0 Å². The van der Waals surface area contributed by atoms with Gasteiger partial charge in [0, 0.05) is 31.7 Å². The van der Waals surface area contributed by atoms with Crippen molar-refractivity contribution in [1.29, 1.82) is 0 Å². The number of ether oxygens (including phenoxy) is 4. The van der Waals surface area contributed by atoms with E-state index in [2.05, 4.69) is 36.3 Å². The van der Waals surface area contributed by atoms with E-state index in [1.165, 1.54) is 31.9 Å². The highest BCUT2D eigenvalue weighted by atomic mass is 16.6. The van der Waals surface area contributed by atoms with Crippen LogP contribution in [0.25, 0.3) is 0 Å². The molecule has 0 unspecified atom stereocenters. The van der Waals surface area contributed by atoms with Crippen molar-refractivity contribution in [3.63, 3.8) is 0 Å². The zero-order valence-corrected chi connectivity index (χ0v) is 23.5. The van der Waals surface area contributed by atoms with Crippen LogP contribution in [0.3, 0.4) is 0 Å². The second kappa shape index (κ2) is 14.6. The summed E-state index contributed by atoms with van der Waals surface area (Å²) in [6.07, 6.45) is 4.80. The molecule has 3 rings (SSSR count). The van der Waals surface area contributed by atoms with E-state index in [1.807, 2.05) is 25.1 Å². The molecule has 0 spiro atoms. The summed E-state index contributed by atoms with van der Waals surface area (Å²) in [6, 6.07) is 10.8. The number of esters is 2. The molecule has 1 aromatic carbocycles. The predicted octanol–water partition coefficient (Wildman–Crippen LogP) is 4.38. The number of rotatable bonds is 10. The summed E-state index contributed by atoms with van der Waals surface area (Å²) < 4.78 is 22.4. The molecule has 1 saturated heterocycles. The second-order valence-corrected chi connectivity index (χ2v) is 10.4. The fourth-order valence-corrected chi connectivity index (χ4v) is 5.03. The van der Waals surface area contributed by atoms with E-state index in [0.717, 1.165) is 25.7 Å². The van der Waals surface area contributed by atoms with Crippen molar-refractivity contribution < 1.29 is 33.3 Å². The summed E-state index contributed by atoms with van der Waals surface area (Å²) in [5.74, 6) is -1.13. The highest BCUT2D eigenvalue weighted by molar-refractivity contribution is 5.98. The lowest BCUT2D eigenvalue weighted by Crippen LogP contribution is -2.46. The van der Waals surface area contributed by atoms with Crippen LogP contribution in [0.5, 0.6) is 11.5 Å². The standard InChI is InChI=1S/C30H40N2O7/c1-19(2)16-24-20(3)38-30(35)25(18-37-17-23(24)13-9-12-22-10-7-6-8-11-22)32-29(34)27-28(39-21(4)33)26(36-5)14-15-31-27/h6-8,10-11,14-15,19-20,23-25H,9,12-13,16-18H2,1-5H3,(H,32,34)/t20-,23-,24-,25-/m0/s1. The number of amides is 1. The van der Waals surface area contributed by atoms with E-state index in [-0.39, 0.29) is 41.7 Å². The van der Waals surface area contributed by atoms with Gasteiger partial charge in [0.2, 0.25) is 5.75 Å². The van der Waals surface area contributed by atoms with Gasteiger partial charge in [0.05, 0.1) is 13.7 Å². The maximum atomic E-state index is 13.2. The van der Waals surface area contributed by atoms with Crippen molar-refractivity contribution in [3.8, 4) is 11.5 Å². The molecule has 39 heavy (non-hydrogen) atoms. The van der Waals surface area contributed by atoms with Crippen LogP contribution in [0.4, 0.5) is 0 Å². The molecule has 1 aliphatic heterocycles. The number of carbonyl (C=O) groups is 3. The summed E-state index contributed by atoms with van der Waals surface area (Å²) in [5, 5.41) is 2.65. The maximum absolute atomic E-state index is 13.2. The zero-order chi connectivity index (χ0) is 28.4. The minimum atomic E-state index is -1.05. The van der Waals surface area contributed by atoms with Crippen molar-refractivity contribution in [2.24, 2.45) is 17.8 Å². The molecule has 212 valence electrons. The number of aromatic nitrogens is 1. The quantitative estimate of drug-likeness (QED) is 0.442. The van der Waals surface area contributed by atoms with Gasteiger partial charge in [-0.25, -0.2) is 9.78 Å². The summed E-state index contributed by atoms with van der Waals surface area (Å²) in [5.41, 5.74) is 1.12. The molecule has 9 nitrogen and oxygen atoms in total. The highest BCUT2D eigenvalue weighted by Crippen LogP contribution is 2.32. The fourth-order valence-electron chi connectivity index (χ4n) is 5.03. The van der Waals surface area contributed by atoms with Crippen LogP contribution < -0.4 is 14.8 Å². The van der Waals surface area contributed by atoms with Crippen LogP contribution in [0.15, 0.2) is 42.6 Å². The number of hydrogen-bond acceptors (Lipinski definition) is 8. The van der Waals surface area contributed by atoms with Crippen molar-refractivity contribution in [2.75, 3.05) is 20.3 Å². The topological polar surface area (TPSA) is 113 Å². The maximum Gasteiger partial charge on any atom is 0.331 e. The van der Waals surface area contributed by atoms with Crippen LogP contribution in [0.2, 0.25) is 0 Å². The van der Waals surface area contributed by atoms with Crippen molar-refractivity contribution in [2.45, 2.75) is 65.5 Å². The number of carbonyl (C=O) groups excluding carboxylic acids is 3. The van der Waals surface area contributed by atoms with Gasteiger partial charge in [-0.2, -0.15) is 0 Å². The van der Waals surface area contributed by atoms with E-state index in [0.29, 0.717) is 12.5 Å². The Hall–Kier alpha value is -3.46. The van der Waals surface area contributed by atoms with Gasteiger partial charge in [-0.05, 0) is 50.0 Å². The molecule has 0 aliphatic carbocycles. The van der Waals surface area contributed by atoms with Crippen LogP contribution in [0, 0.1) is 17.8 Å². The molecular weight excluding hydrogens is 500 g/mol. The third-order valence-corrected chi connectivity index (χ3v) is 6.89. The average molecular weight is 541 g/mol. The Morgan fingerprint density at radius 3 is 2.56 bits per heavy atom. The minimum absolute atomic E-state index is 0.0479. The Labute approximate surface area is 230 Å². The predicted molar refractivity (Wildman–Crippen MR) is 146 cm³/mol. The van der Waals surface area contributed by atoms with Crippen LogP contribution in [-0.4, -0.2) is 55.3 Å². The van der Waals surface area contributed by atoms with E-state index < -0.39 is 23.9 Å². The molecule has 0 saturated carbocycles. The Morgan fingerprint density at radius 2 is 1.90 bits per heavy atom. The van der Waals surface area contributed by atoms with Gasteiger partial charge >= 0.3 is 11.9 Å². The molecule has 1 aliphatic rings. The Bertz CT molecular complexity index is 1110. The number of pyridine rings is 1. The van der Waals surface area contributed by atoms with Gasteiger partial charge in [0.25, 0.3) is 5.91 Å². The third-order valence-electron chi connectivity index (χ3n) is 6.89. The Morgan fingerprint density at radius 1 is 1.15 bits per heavy atom. The number of cyclic esters (lactones) is 1. The Balaban J connectivity index is 1.74. The first kappa shape index (κ1) is 30.1. The van der Waals surface area contributed by atoms with Crippen LogP contribution >= 0.6 is 0 Å². The first-order chi connectivity index (χ1) is 18.7. The lowest BCUT2D eigenvalue weighted by molar-refractivity contribution is -0.154. The van der Waals surface area contributed by atoms with E-state index in [1.54, 1.807) is 0 Å². The molecule has 1 amide bonds. The van der Waals surface area contributed by atoms with Gasteiger partial charge in [-0.15, -0.1) is 0 Å². The molecule has 1 N–H and O–H groups in total. The number of aryl methyl sites for hydroxylation is 1. The first-order valence-electron chi connectivity index (χ1n) is 13.5. The van der Waals surface area contributed by atoms with Crippen LogP contribution in [-0.2, 0) is 25.5 Å². The lowest BCUT2D eigenvalue weighted by Gasteiger charge is -2.32. The van der Waals surface area contributed by atoms with Gasteiger partial charge in [0.1, 0.15) is 6.10 Å². The molecule has 2 aromatic rings. The lowest BCUT2D eigenvalue weighted by atomic mass is 9.79. The molecule has 9 heteroatoms. The van der Waals surface area contributed by atoms with Gasteiger partial charge < -0.3 is 24.3 Å². The number of benzene rings is 1. The third kappa shape index (κ3) is 8.78. The normalized spacial score (nSPS) is 21.7. The largest absolute Gasteiger partial charge is 0.493 e. The smallest absolute Gasteiger partial charge is 0.331 e. The fraction of sp³-hybridized carbons (Fsp3) is 0.533. The molecule has 4 atom stereocenters. The average Bonchev–Trinajstić information content (AvgIpc) is 2.94. The van der Waals surface area contributed by atoms with Crippen molar-refractivity contribution in [1.82, 2.24) is 10.3 Å². The van der Waals surface area contributed by atoms with Gasteiger partial charge in [0.15, 0.2) is 17.5 Å². The van der Waals surface area contributed by atoms with Crippen molar-refractivity contribution in [3.05, 3.63) is 53.9 Å². The van der Waals surface area contributed by atoms with Gasteiger partial charge in [-0.3, -0.25) is 9.59 Å². The highest BCUT2D eigenvalue weighted by Gasteiger charge is 2.35. The summed E-state index contributed by atoms with van der Waals surface area (Å²) in [6.45, 7) is 7.86. The first-order valence-corrected chi connectivity index (χ1v) is 13.5. The molecule has 0 bridgehead atoms. The van der Waals surface area contributed by atoms with E-state index >= 15 is 0 Å². The second-order valence-electron chi connectivity index (χ2n) is 10.4. The summed E-state index contributed by atoms with van der Waals surface area (Å²) in [7, 11) is 1.39. The molecular formula is C30H40N2O7. The Kier molecular flexibility index (Phi) is 11.3. The van der Waals surface area contributed by atoms with Crippen molar-refractivity contribution >= 4 is 17.8 Å². The molecule has 1 fully saturated rings. The summed E-state index contributed by atoms with van der Waals surface area (Å²) in [4.78, 5) is 42.0.